The average molecular weight is 287 g/mol. The van der Waals surface area contributed by atoms with E-state index in [0.717, 1.165) is 30.2 Å². The molecular formula is C17H21NO3. The zero-order valence-electron chi connectivity index (χ0n) is 12.3. The van der Waals surface area contributed by atoms with Gasteiger partial charge in [-0.1, -0.05) is 50.8 Å². The van der Waals surface area contributed by atoms with Crippen LogP contribution in [0.2, 0.25) is 0 Å². The summed E-state index contributed by atoms with van der Waals surface area (Å²) in [6, 6.07) is 7.38. The van der Waals surface area contributed by atoms with Crippen molar-refractivity contribution in [2.45, 2.75) is 39.0 Å². The summed E-state index contributed by atoms with van der Waals surface area (Å²) in [4.78, 5) is 25.0. The zero-order valence-corrected chi connectivity index (χ0v) is 12.3. The molecule has 1 N–H and O–H groups in total. The van der Waals surface area contributed by atoms with E-state index in [1.54, 1.807) is 11.0 Å². The Morgan fingerprint density at radius 2 is 1.90 bits per heavy atom. The fourth-order valence-electron chi connectivity index (χ4n) is 2.67. The molecule has 1 aliphatic rings. The number of nitrogens with zero attached hydrogens (tertiary/aromatic N) is 1. The van der Waals surface area contributed by atoms with Crippen LogP contribution in [0.25, 0.3) is 5.57 Å². The van der Waals surface area contributed by atoms with E-state index < -0.39 is 5.97 Å². The summed E-state index contributed by atoms with van der Waals surface area (Å²) in [5.41, 5.74) is 1.83. The maximum absolute atomic E-state index is 12.4. The van der Waals surface area contributed by atoms with Crippen molar-refractivity contribution in [1.29, 1.82) is 0 Å². The molecule has 1 aliphatic heterocycles. The number of para-hydroxylation sites is 1. The first-order valence-electron chi connectivity index (χ1n) is 7.51. The number of carbonyl (C=O) groups is 2. The van der Waals surface area contributed by atoms with Crippen LogP contribution in [0.5, 0.6) is 0 Å². The van der Waals surface area contributed by atoms with Crippen molar-refractivity contribution >= 4 is 23.1 Å². The topological polar surface area (TPSA) is 57.6 Å². The highest BCUT2D eigenvalue weighted by molar-refractivity contribution is 6.34. The van der Waals surface area contributed by atoms with Crippen molar-refractivity contribution in [3.05, 3.63) is 35.9 Å². The van der Waals surface area contributed by atoms with Crippen molar-refractivity contribution in [2.24, 2.45) is 0 Å². The number of amides is 1. The SMILES string of the molecule is CCCCCCCN1C(=O)/C(=C/C(=O)O)c2ccccc21. The highest BCUT2D eigenvalue weighted by Crippen LogP contribution is 2.36. The van der Waals surface area contributed by atoms with Crippen molar-refractivity contribution in [1.82, 2.24) is 0 Å². The lowest BCUT2D eigenvalue weighted by Crippen LogP contribution is -2.27. The Morgan fingerprint density at radius 3 is 2.62 bits per heavy atom. The summed E-state index contributed by atoms with van der Waals surface area (Å²) in [6.45, 7) is 2.82. The Balaban J connectivity index is 2.12. The molecule has 0 saturated heterocycles. The van der Waals surface area contributed by atoms with Gasteiger partial charge in [0.05, 0.1) is 11.3 Å². The first kappa shape index (κ1) is 15.3. The molecule has 0 aliphatic carbocycles. The van der Waals surface area contributed by atoms with E-state index in [1.165, 1.54) is 19.3 Å². The number of unbranched alkanes of at least 4 members (excludes halogenated alkanes) is 4. The zero-order chi connectivity index (χ0) is 15.2. The number of anilines is 1. The number of rotatable bonds is 7. The van der Waals surface area contributed by atoms with E-state index in [0.29, 0.717) is 6.54 Å². The smallest absolute Gasteiger partial charge is 0.329 e. The number of aliphatic carboxylic acids is 1. The predicted molar refractivity (Wildman–Crippen MR) is 83.2 cm³/mol. The van der Waals surface area contributed by atoms with E-state index in [4.69, 9.17) is 5.11 Å². The third kappa shape index (κ3) is 3.51. The van der Waals surface area contributed by atoms with Crippen LogP contribution in [0, 0.1) is 0 Å². The van der Waals surface area contributed by atoms with Crippen LogP contribution in [0.4, 0.5) is 5.69 Å². The lowest BCUT2D eigenvalue weighted by atomic mass is 10.1. The molecule has 0 radical (unpaired) electrons. The van der Waals surface area contributed by atoms with Crippen molar-refractivity contribution in [3.8, 4) is 0 Å². The Labute approximate surface area is 125 Å². The summed E-state index contributed by atoms with van der Waals surface area (Å²) in [6.07, 6.45) is 6.64. The molecule has 0 aromatic heterocycles. The fraction of sp³-hybridized carbons (Fsp3) is 0.412. The predicted octanol–water partition coefficient (Wildman–Crippen LogP) is 3.47. The first-order valence-corrected chi connectivity index (χ1v) is 7.51. The summed E-state index contributed by atoms with van der Waals surface area (Å²) < 4.78 is 0. The molecule has 4 heteroatoms. The highest BCUT2D eigenvalue weighted by Gasteiger charge is 2.31. The van der Waals surface area contributed by atoms with Crippen LogP contribution in [-0.4, -0.2) is 23.5 Å². The second kappa shape index (κ2) is 7.07. The van der Waals surface area contributed by atoms with Gasteiger partial charge in [-0.3, -0.25) is 4.79 Å². The Hall–Kier alpha value is -2.10. The van der Waals surface area contributed by atoms with E-state index >= 15 is 0 Å². The molecule has 0 fully saturated rings. The molecule has 112 valence electrons. The van der Waals surface area contributed by atoms with Crippen LogP contribution < -0.4 is 4.90 Å². The maximum atomic E-state index is 12.4. The van der Waals surface area contributed by atoms with Crippen LogP contribution >= 0.6 is 0 Å². The Bertz CT molecular complexity index is 563. The third-order valence-corrected chi connectivity index (χ3v) is 3.71. The molecule has 1 heterocycles. The van der Waals surface area contributed by atoms with Gasteiger partial charge in [0.15, 0.2) is 0 Å². The van der Waals surface area contributed by atoms with Gasteiger partial charge in [0.25, 0.3) is 5.91 Å². The van der Waals surface area contributed by atoms with Gasteiger partial charge in [-0.15, -0.1) is 0 Å². The quantitative estimate of drug-likeness (QED) is 0.617. The van der Waals surface area contributed by atoms with Crippen LogP contribution in [0.3, 0.4) is 0 Å². The number of benzene rings is 1. The average Bonchev–Trinajstić information content (AvgIpc) is 2.72. The normalized spacial score (nSPS) is 15.6. The number of hydrogen-bond acceptors (Lipinski definition) is 2. The monoisotopic (exact) mass is 287 g/mol. The van der Waals surface area contributed by atoms with Crippen LogP contribution in [-0.2, 0) is 9.59 Å². The van der Waals surface area contributed by atoms with Crippen molar-refractivity contribution in [2.75, 3.05) is 11.4 Å². The summed E-state index contributed by atoms with van der Waals surface area (Å²) in [7, 11) is 0. The molecule has 0 saturated carbocycles. The van der Waals surface area contributed by atoms with E-state index in [2.05, 4.69) is 6.92 Å². The third-order valence-electron chi connectivity index (χ3n) is 3.71. The molecule has 0 unspecified atom stereocenters. The minimum Gasteiger partial charge on any atom is -0.478 e. The molecule has 4 nitrogen and oxygen atoms in total. The van der Waals surface area contributed by atoms with Gasteiger partial charge in [-0.25, -0.2) is 4.79 Å². The largest absolute Gasteiger partial charge is 0.478 e. The summed E-state index contributed by atoms with van der Waals surface area (Å²) in [5, 5.41) is 8.93. The Kier molecular flexibility index (Phi) is 5.14. The molecule has 0 spiro atoms. The second-order valence-corrected chi connectivity index (χ2v) is 5.28. The molecule has 1 aromatic rings. The number of carbonyl (C=O) groups excluding carboxylic acids is 1. The highest BCUT2D eigenvalue weighted by atomic mass is 16.4. The van der Waals surface area contributed by atoms with Gasteiger partial charge in [-0.2, -0.15) is 0 Å². The van der Waals surface area contributed by atoms with Gasteiger partial charge in [0, 0.05) is 18.2 Å². The van der Waals surface area contributed by atoms with E-state index in [1.807, 2.05) is 18.2 Å². The number of fused-ring (bicyclic) bond motifs is 1. The molecule has 21 heavy (non-hydrogen) atoms. The molecular weight excluding hydrogens is 266 g/mol. The second-order valence-electron chi connectivity index (χ2n) is 5.28. The van der Waals surface area contributed by atoms with Gasteiger partial charge >= 0.3 is 5.97 Å². The number of hydrogen-bond donors (Lipinski definition) is 1. The Morgan fingerprint density at radius 1 is 1.19 bits per heavy atom. The van der Waals surface area contributed by atoms with E-state index in [-0.39, 0.29) is 11.5 Å². The van der Waals surface area contributed by atoms with Gasteiger partial charge in [0.2, 0.25) is 0 Å². The van der Waals surface area contributed by atoms with Crippen LogP contribution in [0.15, 0.2) is 30.3 Å². The minimum absolute atomic E-state index is 0.200. The summed E-state index contributed by atoms with van der Waals surface area (Å²) >= 11 is 0. The first-order chi connectivity index (χ1) is 10.1. The molecule has 0 bridgehead atoms. The summed E-state index contributed by atoms with van der Waals surface area (Å²) in [5.74, 6) is -1.29. The van der Waals surface area contributed by atoms with Crippen molar-refractivity contribution in [3.63, 3.8) is 0 Å². The standard InChI is InChI=1S/C17H21NO3/c1-2-3-4-5-8-11-18-15-10-7-6-9-13(15)14(17(18)21)12-16(19)20/h6-7,9-10,12H,2-5,8,11H2,1H3,(H,19,20)/b14-12+. The van der Waals surface area contributed by atoms with Gasteiger partial charge in [0.1, 0.15) is 0 Å². The van der Waals surface area contributed by atoms with E-state index in [9.17, 15) is 9.59 Å². The van der Waals surface area contributed by atoms with Gasteiger partial charge < -0.3 is 10.0 Å². The lowest BCUT2D eigenvalue weighted by Gasteiger charge is -2.16. The minimum atomic E-state index is -1.09. The lowest BCUT2D eigenvalue weighted by molar-refractivity contribution is -0.131. The number of carboxylic acids is 1. The molecule has 2 rings (SSSR count). The number of carboxylic acid groups (broad SMARTS) is 1. The molecule has 1 amide bonds. The molecule has 1 aromatic carbocycles. The molecule has 0 atom stereocenters. The van der Waals surface area contributed by atoms with Crippen molar-refractivity contribution < 1.29 is 14.7 Å². The maximum Gasteiger partial charge on any atom is 0.329 e. The van der Waals surface area contributed by atoms with Gasteiger partial charge in [-0.05, 0) is 12.5 Å². The van der Waals surface area contributed by atoms with Crippen LogP contribution in [0.1, 0.15) is 44.6 Å². The fourth-order valence-corrected chi connectivity index (χ4v) is 2.67.